The predicted octanol–water partition coefficient (Wildman–Crippen LogP) is 3.60. The number of nitrogens with zero attached hydrogens (tertiary/aromatic N) is 3. The van der Waals surface area contributed by atoms with Crippen molar-refractivity contribution in [1.82, 2.24) is 9.55 Å². The molecule has 114 valence electrons. The van der Waals surface area contributed by atoms with Crippen LogP contribution in [0, 0.1) is 11.3 Å². The van der Waals surface area contributed by atoms with Gasteiger partial charge in [0.25, 0.3) is 0 Å². The van der Waals surface area contributed by atoms with Crippen LogP contribution in [-0.2, 0) is 6.54 Å². The molecular formula is C18H15N3O2. The van der Waals surface area contributed by atoms with Crippen molar-refractivity contribution in [1.29, 1.82) is 5.26 Å². The molecule has 0 radical (unpaired) electrons. The quantitative estimate of drug-likeness (QED) is 0.722. The highest BCUT2D eigenvalue weighted by molar-refractivity contribution is 5.50. The third kappa shape index (κ3) is 3.33. The van der Waals surface area contributed by atoms with Gasteiger partial charge in [-0.15, -0.1) is 0 Å². The van der Waals surface area contributed by atoms with Crippen molar-refractivity contribution in [2.45, 2.75) is 6.54 Å². The number of rotatable bonds is 5. The van der Waals surface area contributed by atoms with Crippen molar-refractivity contribution in [2.24, 2.45) is 0 Å². The Balaban J connectivity index is 1.92. The number of para-hydroxylation sites is 2. The van der Waals surface area contributed by atoms with E-state index in [1.54, 1.807) is 25.7 Å². The van der Waals surface area contributed by atoms with Gasteiger partial charge in [0.2, 0.25) is 0 Å². The highest BCUT2D eigenvalue weighted by Crippen LogP contribution is 2.33. The highest BCUT2D eigenvalue weighted by atomic mass is 16.5. The summed E-state index contributed by atoms with van der Waals surface area (Å²) in [5.41, 5.74) is 1.50. The van der Waals surface area contributed by atoms with Crippen molar-refractivity contribution < 1.29 is 9.47 Å². The standard InChI is InChI=1S/C18H15N3O2/c1-22-16-4-2-3-5-17(16)23-18-10-14(6-7-15(18)11-19)12-21-9-8-20-13-21/h2-10,13H,12H2,1H3. The lowest BCUT2D eigenvalue weighted by Gasteiger charge is -2.12. The average molecular weight is 305 g/mol. The molecule has 0 aliphatic carbocycles. The van der Waals surface area contributed by atoms with Crippen LogP contribution in [0.5, 0.6) is 17.2 Å². The topological polar surface area (TPSA) is 60.1 Å². The van der Waals surface area contributed by atoms with Crippen molar-refractivity contribution in [3.8, 4) is 23.3 Å². The molecule has 0 aliphatic rings. The summed E-state index contributed by atoms with van der Waals surface area (Å²) in [6.45, 7) is 0.661. The van der Waals surface area contributed by atoms with Crippen LogP contribution < -0.4 is 9.47 Å². The zero-order chi connectivity index (χ0) is 16.1. The third-order valence-electron chi connectivity index (χ3n) is 3.38. The van der Waals surface area contributed by atoms with Gasteiger partial charge in [0, 0.05) is 18.9 Å². The number of methoxy groups -OCH3 is 1. The molecule has 0 atom stereocenters. The lowest BCUT2D eigenvalue weighted by atomic mass is 10.1. The van der Waals surface area contributed by atoms with Crippen molar-refractivity contribution in [2.75, 3.05) is 7.11 Å². The number of hydrogen-bond acceptors (Lipinski definition) is 4. The SMILES string of the molecule is COc1ccccc1Oc1cc(Cn2ccnc2)ccc1C#N. The van der Waals surface area contributed by atoms with E-state index in [0.717, 1.165) is 5.56 Å². The molecule has 23 heavy (non-hydrogen) atoms. The van der Waals surface area contributed by atoms with Crippen LogP contribution >= 0.6 is 0 Å². The van der Waals surface area contributed by atoms with Crippen LogP contribution in [0.1, 0.15) is 11.1 Å². The van der Waals surface area contributed by atoms with Crippen molar-refractivity contribution >= 4 is 0 Å². The Morgan fingerprint density at radius 3 is 2.65 bits per heavy atom. The Bertz CT molecular complexity index is 836. The first-order chi connectivity index (χ1) is 11.3. The molecule has 0 bridgehead atoms. The molecule has 0 unspecified atom stereocenters. The molecule has 3 aromatic rings. The van der Waals surface area contributed by atoms with E-state index in [1.165, 1.54) is 0 Å². The van der Waals surface area contributed by atoms with Gasteiger partial charge in [-0.2, -0.15) is 5.26 Å². The molecule has 0 saturated carbocycles. The van der Waals surface area contributed by atoms with E-state index in [4.69, 9.17) is 9.47 Å². The molecule has 0 N–H and O–H groups in total. The van der Waals surface area contributed by atoms with E-state index in [9.17, 15) is 5.26 Å². The summed E-state index contributed by atoms with van der Waals surface area (Å²) in [6, 6.07) is 15.0. The molecule has 5 heteroatoms. The van der Waals surface area contributed by atoms with E-state index in [0.29, 0.717) is 29.4 Å². The molecule has 1 heterocycles. The summed E-state index contributed by atoms with van der Waals surface area (Å²) in [4.78, 5) is 4.03. The Kier molecular flexibility index (Phi) is 4.25. The van der Waals surface area contributed by atoms with E-state index in [1.807, 2.05) is 47.2 Å². The van der Waals surface area contributed by atoms with Crippen LogP contribution in [0.15, 0.2) is 61.2 Å². The Morgan fingerprint density at radius 2 is 1.96 bits per heavy atom. The van der Waals surface area contributed by atoms with Crippen LogP contribution in [0.4, 0.5) is 0 Å². The first kappa shape index (κ1) is 14.7. The molecule has 3 rings (SSSR count). The van der Waals surface area contributed by atoms with Crippen LogP contribution in [0.3, 0.4) is 0 Å². The fraction of sp³-hybridized carbons (Fsp3) is 0.111. The molecule has 0 saturated heterocycles. The number of aromatic nitrogens is 2. The maximum absolute atomic E-state index is 9.29. The smallest absolute Gasteiger partial charge is 0.169 e. The van der Waals surface area contributed by atoms with Gasteiger partial charge in [0.05, 0.1) is 19.0 Å². The number of imidazole rings is 1. The van der Waals surface area contributed by atoms with Crippen LogP contribution in [0.25, 0.3) is 0 Å². The predicted molar refractivity (Wildman–Crippen MR) is 85.6 cm³/mol. The molecule has 0 aliphatic heterocycles. The van der Waals surface area contributed by atoms with E-state index >= 15 is 0 Å². The second-order valence-corrected chi connectivity index (χ2v) is 4.93. The van der Waals surface area contributed by atoms with E-state index in [-0.39, 0.29) is 0 Å². The molecule has 0 amide bonds. The maximum atomic E-state index is 9.29. The Labute approximate surface area is 134 Å². The zero-order valence-electron chi connectivity index (χ0n) is 12.6. The minimum atomic E-state index is 0.477. The second kappa shape index (κ2) is 6.67. The average Bonchev–Trinajstić information content (AvgIpc) is 3.09. The molecule has 2 aromatic carbocycles. The van der Waals surface area contributed by atoms with Gasteiger partial charge in [-0.25, -0.2) is 4.98 Å². The molecular weight excluding hydrogens is 290 g/mol. The van der Waals surface area contributed by atoms with E-state index in [2.05, 4.69) is 11.1 Å². The van der Waals surface area contributed by atoms with Gasteiger partial charge in [0.15, 0.2) is 11.5 Å². The van der Waals surface area contributed by atoms with Gasteiger partial charge in [0.1, 0.15) is 11.8 Å². The summed E-state index contributed by atoms with van der Waals surface area (Å²) >= 11 is 0. The summed E-state index contributed by atoms with van der Waals surface area (Å²) in [5, 5.41) is 9.29. The molecule has 0 spiro atoms. The van der Waals surface area contributed by atoms with Gasteiger partial charge in [-0.1, -0.05) is 18.2 Å². The Morgan fingerprint density at radius 1 is 1.13 bits per heavy atom. The monoisotopic (exact) mass is 305 g/mol. The van der Waals surface area contributed by atoms with Crippen LogP contribution in [-0.4, -0.2) is 16.7 Å². The lowest BCUT2D eigenvalue weighted by molar-refractivity contribution is 0.378. The number of benzene rings is 2. The van der Waals surface area contributed by atoms with Crippen molar-refractivity contribution in [3.05, 3.63) is 72.3 Å². The minimum Gasteiger partial charge on any atom is -0.493 e. The summed E-state index contributed by atoms with van der Waals surface area (Å²) < 4.78 is 13.1. The zero-order valence-corrected chi connectivity index (χ0v) is 12.6. The number of nitriles is 1. The van der Waals surface area contributed by atoms with Crippen LogP contribution in [0.2, 0.25) is 0 Å². The van der Waals surface area contributed by atoms with Gasteiger partial charge < -0.3 is 14.0 Å². The first-order valence-electron chi connectivity index (χ1n) is 7.10. The van der Waals surface area contributed by atoms with Crippen molar-refractivity contribution in [3.63, 3.8) is 0 Å². The van der Waals surface area contributed by atoms with Gasteiger partial charge in [-0.05, 0) is 29.8 Å². The minimum absolute atomic E-state index is 0.477. The Hall–Kier alpha value is -3.26. The molecule has 0 fully saturated rings. The van der Waals surface area contributed by atoms with Gasteiger partial charge in [-0.3, -0.25) is 0 Å². The normalized spacial score (nSPS) is 10.1. The first-order valence-corrected chi connectivity index (χ1v) is 7.10. The summed E-state index contributed by atoms with van der Waals surface area (Å²) in [7, 11) is 1.59. The number of hydrogen-bond donors (Lipinski definition) is 0. The van der Waals surface area contributed by atoms with E-state index < -0.39 is 0 Å². The summed E-state index contributed by atoms with van der Waals surface area (Å²) in [5.74, 6) is 1.71. The molecule has 1 aromatic heterocycles. The van der Waals surface area contributed by atoms with Gasteiger partial charge >= 0.3 is 0 Å². The number of ether oxygens (including phenoxy) is 2. The second-order valence-electron chi connectivity index (χ2n) is 4.93. The summed E-state index contributed by atoms with van der Waals surface area (Å²) in [6.07, 6.45) is 5.37. The fourth-order valence-corrected chi connectivity index (χ4v) is 2.25. The maximum Gasteiger partial charge on any atom is 0.169 e. The third-order valence-corrected chi connectivity index (χ3v) is 3.38. The molecule has 5 nitrogen and oxygen atoms in total. The fourth-order valence-electron chi connectivity index (χ4n) is 2.25. The highest BCUT2D eigenvalue weighted by Gasteiger charge is 2.10. The lowest BCUT2D eigenvalue weighted by Crippen LogP contribution is -1.98. The largest absolute Gasteiger partial charge is 0.493 e.